The van der Waals surface area contributed by atoms with Crippen LogP contribution in [0.5, 0.6) is 0 Å². The average molecular weight is 456 g/mol. The van der Waals surface area contributed by atoms with Crippen LogP contribution >= 0.6 is 23.5 Å². The number of benzene rings is 2. The minimum Gasteiger partial charge on any atom is -0.450 e. The zero-order chi connectivity index (χ0) is 21.8. The van der Waals surface area contributed by atoms with Gasteiger partial charge in [-0.15, -0.1) is 0 Å². The number of aliphatic imine (C=N–C) groups is 1. The molecule has 0 unspecified atom stereocenters. The van der Waals surface area contributed by atoms with Crippen LogP contribution in [-0.2, 0) is 4.79 Å². The molecule has 32 heavy (non-hydrogen) atoms. The van der Waals surface area contributed by atoms with Crippen molar-refractivity contribution in [3.8, 4) is 0 Å². The molecule has 0 aliphatic carbocycles. The minimum absolute atomic E-state index is 0.133. The first-order valence-corrected chi connectivity index (χ1v) is 11.5. The highest BCUT2D eigenvalue weighted by atomic mass is 32.2. The van der Waals surface area contributed by atoms with Crippen molar-refractivity contribution in [2.24, 2.45) is 4.99 Å². The highest BCUT2D eigenvalue weighted by Gasteiger charge is 2.35. The summed E-state index contributed by atoms with van der Waals surface area (Å²) in [5, 5.41) is 2.16. The zero-order valence-electron chi connectivity index (χ0n) is 16.8. The Balaban J connectivity index is 1.45. The van der Waals surface area contributed by atoms with E-state index in [1.807, 2.05) is 91.0 Å². The maximum Gasteiger partial charge on any atom is 0.271 e. The summed E-state index contributed by atoms with van der Waals surface area (Å²) in [5.74, 6) is 0.472. The van der Waals surface area contributed by atoms with Gasteiger partial charge in [-0.2, -0.15) is 0 Å². The number of nitrogens with zero attached hydrogens (tertiary/aromatic N) is 3. The molecule has 4 aromatic rings. The molecule has 0 bridgehead atoms. The van der Waals surface area contributed by atoms with E-state index in [1.54, 1.807) is 17.2 Å². The SMILES string of the molecule is O=C1/C(=C/c2ccc(Sc3ccccn3)o2)SC(=Nc2ccccc2)N1c1ccccc1. The van der Waals surface area contributed by atoms with E-state index in [0.29, 0.717) is 20.9 Å². The molecular weight excluding hydrogens is 438 g/mol. The molecule has 2 aromatic heterocycles. The van der Waals surface area contributed by atoms with E-state index in [1.165, 1.54) is 23.5 Å². The maximum absolute atomic E-state index is 13.3. The summed E-state index contributed by atoms with van der Waals surface area (Å²) in [6.07, 6.45) is 3.51. The highest BCUT2D eigenvalue weighted by Crippen LogP contribution is 2.38. The molecule has 0 spiro atoms. The lowest BCUT2D eigenvalue weighted by Gasteiger charge is -2.15. The quantitative estimate of drug-likeness (QED) is 0.316. The Morgan fingerprint density at radius 2 is 1.66 bits per heavy atom. The zero-order valence-corrected chi connectivity index (χ0v) is 18.4. The Morgan fingerprint density at radius 3 is 2.41 bits per heavy atom. The number of hydrogen-bond acceptors (Lipinski definition) is 6. The van der Waals surface area contributed by atoms with Crippen LogP contribution in [0.2, 0.25) is 0 Å². The van der Waals surface area contributed by atoms with Crippen molar-refractivity contribution in [2.45, 2.75) is 10.1 Å². The van der Waals surface area contributed by atoms with Crippen LogP contribution in [-0.4, -0.2) is 16.1 Å². The second-order valence-corrected chi connectivity index (χ2v) is 8.78. The van der Waals surface area contributed by atoms with Gasteiger partial charge in [-0.3, -0.25) is 9.69 Å². The fourth-order valence-electron chi connectivity index (χ4n) is 3.07. The molecule has 0 saturated carbocycles. The van der Waals surface area contributed by atoms with Crippen LogP contribution in [0.15, 0.2) is 122 Å². The molecule has 5 nitrogen and oxygen atoms in total. The van der Waals surface area contributed by atoms with Gasteiger partial charge in [-0.05, 0) is 72.1 Å². The summed E-state index contributed by atoms with van der Waals surface area (Å²) in [6.45, 7) is 0. The Morgan fingerprint density at radius 1 is 0.906 bits per heavy atom. The summed E-state index contributed by atoms with van der Waals surface area (Å²) in [7, 11) is 0. The van der Waals surface area contributed by atoms with Crippen LogP contribution < -0.4 is 4.90 Å². The van der Waals surface area contributed by atoms with Gasteiger partial charge >= 0.3 is 0 Å². The van der Waals surface area contributed by atoms with Crippen molar-refractivity contribution in [3.05, 3.63) is 108 Å². The average Bonchev–Trinajstić information content (AvgIpc) is 3.39. The summed E-state index contributed by atoms with van der Waals surface area (Å²) in [6, 6.07) is 28.6. The van der Waals surface area contributed by atoms with Crippen molar-refractivity contribution in [2.75, 3.05) is 4.90 Å². The number of carbonyl (C=O) groups is 1. The molecule has 3 heterocycles. The molecule has 7 heteroatoms. The first-order chi connectivity index (χ1) is 15.8. The number of amides is 1. The largest absolute Gasteiger partial charge is 0.450 e. The minimum atomic E-state index is -0.133. The Bertz CT molecular complexity index is 1290. The molecule has 2 aromatic carbocycles. The number of pyridine rings is 1. The predicted octanol–water partition coefficient (Wildman–Crippen LogP) is 6.63. The number of hydrogen-bond donors (Lipinski definition) is 0. The van der Waals surface area contributed by atoms with E-state index in [2.05, 4.69) is 4.98 Å². The van der Waals surface area contributed by atoms with Gasteiger partial charge < -0.3 is 4.42 Å². The van der Waals surface area contributed by atoms with Crippen LogP contribution in [0.4, 0.5) is 11.4 Å². The van der Waals surface area contributed by atoms with Gasteiger partial charge in [0.05, 0.1) is 16.3 Å². The predicted molar refractivity (Wildman–Crippen MR) is 130 cm³/mol. The lowest BCUT2D eigenvalue weighted by Crippen LogP contribution is -2.28. The fourth-order valence-corrected chi connectivity index (χ4v) is 4.79. The topological polar surface area (TPSA) is 58.7 Å². The third kappa shape index (κ3) is 4.54. The van der Waals surface area contributed by atoms with Crippen LogP contribution in [0.1, 0.15) is 5.76 Å². The number of carbonyl (C=O) groups excluding carboxylic acids is 1. The van der Waals surface area contributed by atoms with Gasteiger partial charge in [-0.25, -0.2) is 9.98 Å². The van der Waals surface area contributed by atoms with Crippen LogP contribution in [0.3, 0.4) is 0 Å². The van der Waals surface area contributed by atoms with E-state index in [0.717, 1.165) is 16.4 Å². The fraction of sp³-hybridized carbons (Fsp3) is 0. The Labute approximate surface area is 193 Å². The first kappa shape index (κ1) is 20.4. The number of furan rings is 1. The molecule has 1 saturated heterocycles. The third-order valence-corrected chi connectivity index (χ3v) is 6.36. The van der Waals surface area contributed by atoms with Crippen molar-refractivity contribution in [3.63, 3.8) is 0 Å². The lowest BCUT2D eigenvalue weighted by atomic mass is 10.3. The molecule has 1 aliphatic heterocycles. The van der Waals surface area contributed by atoms with Crippen molar-refractivity contribution < 1.29 is 9.21 Å². The van der Waals surface area contributed by atoms with Gasteiger partial charge in [0, 0.05) is 12.3 Å². The number of rotatable bonds is 5. The van der Waals surface area contributed by atoms with Gasteiger partial charge in [0.15, 0.2) is 10.3 Å². The van der Waals surface area contributed by atoms with Crippen LogP contribution in [0.25, 0.3) is 6.08 Å². The molecule has 156 valence electrons. The molecule has 5 rings (SSSR count). The number of para-hydroxylation sites is 2. The van der Waals surface area contributed by atoms with E-state index < -0.39 is 0 Å². The first-order valence-electron chi connectivity index (χ1n) is 9.88. The molecule has 0 radical (unpaired) electrons. The second kappa shape index (κ2) is 9.30. The van der Waals surface area contributed by atoms with Gasteiger partial charge in [0.25, 0.3) is 5.91 Å². The molecule has 0 N–H and O–H groups in total. The van der Waals surface area contributed by atoms with E-state index in [-0.39, 0.29) is 5.91 Å². The summed E-state index contributed by atoms with van der Waals surface area (Å²) in [4.78, 5) is 24.5. The van der Waals surface area contributed by atoms with Crippen molar-refractivity contribution >= 4 is 52.0 Å². The molecule has 1 fully saturated rings. The number of anilines is 1. The van der Waals surface area contributed by atoms with Crippen molar-refractivity contribution in [1.82, 2.24) is 4.98 Å². The normalized spacial score (nSPS) is 16.2. The second-order valence-electron chi connectivity index (χ2n) is 6.74. The van der Waals surface area contributed by atoms with Gasteiger partial charge in [0.2, 0.25) is 0 Å². The van der Waals surface area contributed by atoms with Crippen LogP contribution in [0, 0.1) is 0 Å². The summed E-state index contributed by atoms with van der Waals surface area (Å²) < 4.78 is 5.91. The number of amidine groups is 1. The van der Waals surface area contributed by atoms with E-state index in [4.69, 9.17) is 9.41 Å². The standard InChI is InChI=1S/C25H17N3O2S2/c29-24-21(17-20-14-15-23(30-20)32-22-13-7-8-16-26-22)31-25(27-18-9-3-1-4-10-18)28(24)19-11-5-2-6-12-19/h1-17H/b21-17-,27-25?. The summed E-state index contributed by atoms with van der Waals surface area (Å²) >= 11 is 2.77. The molecule has 0 atom stereocenters. The molecular formula is C25H17N3O2S2. The Hall–Kier alpha value is -3.55. The number of aromatic nitrogens is 1. The van der Waals surface area contributed by atoms with Gasteiger partial charge in [0.1, 0.15) is 10.8 Å². The van der Waals surface area contributed by atoms with E-state index in [9.17, 15) is 4.79 Å². The summed E-state index contributed by atoms with van der Waals surface area (Å²) in [5.41, 5.74) is 1.56. The monoisotopic (exact) mass is 455 g/mol. The van der Waals surface area contributed by atoms with Gasteiger partial charge in [-0.1, -0.05) is 42.5 Å². The maximum atomic E-state index is 13.3. The smallest absolute Gasteiger partial charge is 0.271 e. The highest BCUT2D eigenvalue weighted by molar-refractivity contribution is 8.19. The third-order valence-electron chi connectivity index (χ3n) is 4.52. The van der Waals surface area contributed by atoms with E-state index >= 15 is 0 Å². The lowest BCUT2D eigenvalue weighted by molar-refractivity contribution is -0.113. The Kier molecular flexibility index (Phi) is 5.91. The number of thioether (sulfide) groups is 1. The molecule has 1 aliphatic rings. The molecule has 1 amide bonds. The van der Waals surface area contributed by atoms with Crippen molar-refractivity contribution in [1.29, 1.82) is 0 Å².